The first-order valence-electron chi connectivity index (χ1n) is 6.37. The minimum Gasteiger partial charge on any atom is -0.480 e. The van der Waals surface area contributed by atoms with Gasteiger partial charge in [-0.2, -0.15) is 5.26 Å². The summed E-state index contributed by atoms with van der Waals surface area (Å²) in [6, 6.07) is 8.42. The second-order valence-electron chi connectivity index (χ2n) is 4.51. The minimum atomic E-state index is -1.16. The van der Waals surface area contributed by atoms with Crippen LogP contribution in [-0.4, -0.2) is 23.0 Å². The molecule has 0 aliphatic heterocycles. The number of hydrogen-bond donors (Lipinski definition) is 3. The van der Waals surface area contributed by atoms with Crippen LogP contribution in [0.25, 0.3) is 0 Å². The summed E-state index contributed by atoms with van der Waals surface area (Å²) in [6.07, 6.45) is 1.29. The van der Waals surface area contributed by atoms with E-state index in [1.165, 1.54) is 13.1 Å². The summed E-state index contributed by atoms with van der Waals surface area (Å²) in [7, 11) is 0. The highest BCUT2D eigenvalue weighted by molar-refractivity contribution is 5.99. The predicted octanol–water partition coefficient (Wildman–Crippen LogP) is 1.08. The van der Waals surface area contributed by atoms with E-state index in [9.17, 15) is 9.59 Å². The number of amides is 1. The lowest BCUT2D eigenvalue weighted by atomic mass is 10.1. The molecule has 0 bridgehead atoms. The average molecular weight is 287 g/mol. The molecule has 0 saturated heterocycles. The molecule has 0 radical (unpaired) electrons. The van der Waals surface area contributed by atoms with Crippen molar-refractivity contribution in [2.24, 2.45) is 0 Å². The van der Waals surface area contributed by atoms with Gasteiger partial charge in [-0.15, -0.1) is 0 Å². The van der Waals surface area contributed by atoms with Gasteiger partial charge in [0.2, 0.25) is 0 Å². The van der Waals surface area contributed by atoms with Gasteiger partial charge < -0.3 is 15.7 Å². The zero-order valence-electron chi connectivity index (χ0n) is 11.9. The van der Waals surface area contributed by atoms with Crippen molar-refractivity contribution in [2.75, 3.05) is 0 Å². The number of carboxylic acids is 1. The molecular weight excluding hydrogens is 270 g/mol. The van der Waals surface area contributed by atoms with Crippen molar-refractivity contribution in [1.29, 1.82) is 5.26 Å². The summed E-state index contributed by atoms with van der Waals surface area (Å²) in [5.41, 5.74) is 1.97. The number of nitriles is 1. The molecule has 3 N–H and O–H groups in total. The van der Waals surface area contributed by atoms with Crippen molar-refractivity contribution < 1.29 is 14.7 Å². The highest BCUT2D eigenvalue weighted by atomic mass is 16.4. The number of nitrogens with one attached hydrogen (secondary N) is 2. The Labute approximate surface area is 123 Å². The fourth-order valence-electron chi connectivity index (χ4n) is 1.56. The lowest BCUT2D eigenvalue weighted by molar-refractivity contribution is -0.140. The fraction of sp³-hybridized carbons (Fsp3) is 0.267. The number of nitrogens with zero attached hydrogens (tertiary/aromatic N) is 1. The van der Waals surface area contributed by atoms with E-state index in [4.69, 9.17) is 10.4 Å². The number of benzene rings is 1. The van der Waals surface area contributed by atoms with Crippen LogP contribution in [0.15, 0.2) is 36.0 Å². The topological polar surface area (TPSA) is 102 Å². The average Bonchev–Trinajstić information content (AvgIpc) is 2.45. The van der Waals surface area contributed by atoms with E-state index in [1.54, 1.807) is 6.07 Å². The Bertz CT molecular complexity index is 602. The molecule has 1 unspecified atom stereocenters. The fourth-order valence-corrected chi connectivity index (χ4v) is 1.56. The molecule has 0 spiro atoms. The molecule has 1 aromatic carbocycles. The molecule has 1 amide bonds. The van der Waals surface area contributed by atoms with Crippen LogP contribution >= 0.6 is 0 Å². The van der Waals surface area contributed by atoms with Crippen LogP contribution in [0.1, 0.15) is 18.1 Å². The van der Waals surface area contributed by atoms with E-state index in [0.29, 0.717) is 6.54 Å². The van der Waals surface area contributed by atoms with E-state index in [-0.39, 0.29) is 5.57 Å². The normalized spacial score (nSPS) is 12.1. The zero-order valence-corrected chi connectivity index (χ0v) is 11.9. The molecule has 0 aromatic heterocycles. The van der Waals surface area contributed by atoms with Gasteiger partial charge in [-0.3, -0.25) is 9.59 Å². The summed E-state index contributed by atoms with van der Waals surface area (Å²) in [5.74, 6) is -1.88. The summed E-state index contributed by atoms with van der Waals surface area (Å²) in [6.45, 7) is 3.77. The molecule has 110 valence electrons. The third-order valence-corrected chi connectivity index (χ3v) is 2.88. The van der Waals surface area contributed by atoms with Crippen molar-refractivity contribution in [1.82, 2.24) is 10.6 Å². The van der Waals surface area contributed by atoms with Crippen LogP contribution < -0.4 is 10.6 Å². The second kappa shape index (κ2) is 7.70. The van der Waals surface area contributed by atoms with Crippen LogP contribution in [0.4, 0.5) is 0 Å². The van der Waals surface area contributed by atoms with Gasteiger partial charge in [-0.05, 0) is 25.0 Å². The van der Waals surface area contributed by atoms with E-state index >= 15 is 0 Å². The standard InChI is InChI=1S/C15H17N3O3/c1-10-5-3-4-6-12(10)8-17-9-13(7-16)14(19)18-11(2)15(20)21/h3-6,9,11,17H,8H2,1-2H3,(H,18,19)(H,20,21)/b13-9-. The Kier molecular flexibility index (Phi) is 5.96. The number of aryl methyl sites for hydroxylation is 1. The number of carbonyl (C=O) groups excluding carboxylic acids is 1. The van der Waals surface area contributed by atoms with E-state index in [2.05, 4.69) is 10.6 Å². The first kappa shape index (κ1) is 16.2. The minimum absolute atomic E-state index is 0.170. The third kappa shape index (κ3) is 4.99. The number of hydrogen-bond acceptors (Lipinski definition) is 4. The first-order valence-corrected chi connectivity index (χ1v) is 6.37. The van der Waals surface area contributed by atoms with E-state index in [1.807, 2.05) is 31.2 Å². The van der Waals surface area contributed by atoms with E-state index < -0.39 is 17.9 Å². The summed E-state index contributed by atoms with van der Waals surface area (Å²) < 4.78 is 0. The maximum Gasteiger partial charge on any atom is 0.325 e. The summed E-state index contributed by atoms with van der Waals surface area (Å²) >= 11 is 0. The second-order valence-corrected chi connectivity index (χ2v) is 4.51. The zero-order chi connectivity index (χ0) is 15.8. The third-order valence-electron chi connectivity index (χ3n) is 2.88. The Morgan fingerprint density at radius 3 is 2.67 bits per heavy atom. The molecule has 6 heteroatoms. The van der Waals surface area contributed by atoms with Gasteiger partial charge in [0.1, 0.15) is 17.7 Å². The van der Waals surface area contributed by atoms with Crippen molar-refractivity contribution in [2.45, 2.75) is 26.4 Å². The summed E-state index contributed by atoms with van der Waals surface area (Å²) in [4.78, 5) is 22.3. The molecule has 21 heavy (non-hydrogen) atoms. The van der Waals surface area contributed by atoms with Crippen molar-refractivity contribution >= 4 is 11.9 Å². The van der Waals surface area contributed by atoms with Gasteiger partial charge in [0.25, 0.3) is 5.91 Å². The highest BCUT2D eigenvalue weighted by Crippen LogP contribution is 2.06. The van der Waals surface area contributed by atoms with Crippen molar-refractivity contribution in [3.63, 3.8) is 0 Å². The SMILES string of the molecule is Cc1ccccc1CN/C=C(/C#N)C(=O)NC(C)C(=O)O. The lowest BCUT2D eigenvalue weighted by Gasteiger charge is -2.09. The molecule has 0 aliphatic carbocycles. The molecule has 0 fully saturated rings. The van der Waals surface area contributed by atoms with Crippen molar-refractivity contribution in [3.05, 3.63) is 47.2 Å². The van der Waals surface area contributed by atoms with Gasteiger partial charge in [0.05, 0.1) is 0 Å². The van der Waals surface area contributed by atoms with Gasteiger partial charge >= 0.3 is 5.97 Å². The molecule has 0 aliphatic rings. The molecule has 0 saturated carbocycles. The predicted molar refractivity (Wildman–Crippen MR) is 77.0 cm³/mol. The molecule has 1 aromatic rings. The largest absolute Gasteiger partial charge is 0.480 e. The Hall–Kier alpha value is -2.81. The van der Waals surface area contributed by atoms with Crippen LogP contribution in [0, 0.1) is 18.3 Å². The van der Waals surface area contributed by atoms with Crippen molar-refractivity contribution in [3.8, 4) is 6.07 Å². The monoisotopic (exact) mass is 287 g/mol. The van der Waals surface area contributed by atoms with Crippen LogP contribution in [0.5, 0.6) is 0 Å². The molecule has 6 nitrogen and oxygen atoms in total. The first-order chi connectivity index (χ1) is 9.95. The quantitative estimate of drug-likeness (QED) is 0.537. The molecule has 1 atom stereocenters. The number of rotatable bonds is 6. The smallest absolute Gasteiger partial charge is 0.325 e. The van der Waals surface area contributed by atoms with Gasteiger partial charge in [0.15, 0.2) is 0 Å². The summed E-state index contributed by atoms with van der Waals surface area (Å²) in [5, 5.41) is 22.7. The lowest BCUT2D eigenvalue weighted by Crippen LogP contribution is -2.39. The maximum absolute atomic E-state index is 11.7. The molecule has 0 heterocycles. The number of aliphatic carboxylic acids is 1. The number of carbonyl (C=O) groups is 2. The van der Waals surface area contributed by atoms with Crippen LogP contribution in [0.3, 0.4) is 0 Å². The van der Waals surface area contributed by atoms with Crippen LogP contribution in [-0.2, 0) is 16.1 Å². The van der Waals surface area contributed by atoms with Crippen LogP contribution in [0.2, 0.25) is 0 Å². The Morgan fingerprint density at radius 2 is 2.10 bits per heavy atom. The van der Waals surface area contributed by atoms with Gasteiger partial charge in [-0.25, -0.2) is 0 Å². The maximum atomic E-state index is 11.7. The van der Waals surface area contributed by atoms with Gasteiger partial charge in [-0.1, -0.05) is 24.3 Å². The molecule has 1 rings (SSSR count). The number of carboxylic acid groups (broad SMARTS) is 1. The van der Waals surface area contributed by atoms with E-state index in [0.717, 1.165) is 11.1 Å². The molecular formula is C15H17N3O3. The highest BCUT2D eigenvalue weighted by Gasteiger charge is 2.16. The van der Waals surface area contributed by atoms with Gasteiger partial charge in [0, 0.05) is 12.7 Å². The Morgan fingerprint density at radius 1 is 1.43 bits per heavy atom. The Balaban J connectivity index is 2.64.